The van der Waals surface area contributed by atoms with Gasteiger partial charge in [0.1, 0.15) is 0 Å². The highest BCUT2D eigenvalue weighted by Crippen LogP contribution is 2.26. The van der Waals surface area contributed by atoms with E-state index in [0.29, 0.717) is 23.4 Å². The smallest absolute Gasteiger partial charge is 0.255 e. The molecular formula is C23H23N3O2. The highest BCUT2D eigenvalue weighted by molar-refractivity contribution is 6.04. The van der Waals surface area contributed by atoms with Crippen LogP contribution in [-0.4, -0.2) is 16.8 Å². The third-order valence-corrected chi connectivity index (χ3v) is 4.44. The summed E-state index contributed by atoms with van der Waals surface area (Å²) in [6.45, 7) is 3.89. The molecule has 5 nitrogen and oxygen atoms in total. The minimum atomic E-state index is -0.170. The molecule has 0 bridgehead atoms. The Balaban J connectivity index is 1.76. The van der Waals surface area contributed by atoms with Crippen LogP contribution in [0.1, 0.15) is 36.2 Å². The van der Waals surface area contributed by atoms with Crippen molar-refractivity contribution < 1.29 is 9.59 Å². The maximum Gasteiger partial charge on any atom is 0.255 e. The van der Waals surface area contributed by atoms with Crippen molar-refractivity contribution in [3.63, 3.8) is 0 Å². The Morgan fingerprint density at radius 1 is 0.893 bits per heavy atom. The average Bonchev–Trinajstić information content (AvgIpc) is 2.74. The minimum absolute atomic E-state index is 0.0701. The predicted molar refractivity (Wildman–Crippen MR) is 112 cm³/mol. The molecule has 0 aliphatic heterocycles. The van der Waals surface area contributed by atoms with Gasteiger partial charge in [0.25, 0.3) is 5.91 Å². The second kappa shape index (κ2) is 8.95. The number of pyridine rings is 1. The number of carbonyl (C=O) groups is 2. The molecule has 5 heteroatoms. The van der Waals surface area contributed by atoms with Crippen molar-refractivity contribution in [2.45, 2.75) is 26.7 Å². The number of benzene rings is 2. The van der Waals surface area contributed by atoms with Gasteiger partial charge in [-0.2, -0.15) is 0 Å². The van der Waals surface area contributed by atoms with Gasteiger partial charge in [0, 0.05) is 29.4 Å². The zero-order valence-electron chi connectivity index (χ0n) is 16.0. The summed E-state index contributed by atoms with van der Waals surface area (Å²) in [5, 5.41) is 5.76. The van der Waals surface area contributed by atoms with Gasteiger partial charge in [-0.15, -0.1) is 0 Å². The van der Waals surface area contributed by atoms with Gasteiger partial charge < -0.3 is 10.6 Å². The molecule has 142 valence electrons. The summed E-state index contributed by atoms with van der Waals surface area (Å²) in [6.07, 6.45) is 3.04. The number of aromatic nitrogens is 1. The molecule has 3 aromatic rings. The Morgan fingerprint density at radius 2 is 1.61 bits per heavy atom. The number of rotatable bonds is 6. The second-order valence-corrected chi connectivity index (χ2v) is 6.38. The van der Waals surface area contributed by atoms with E-state index in [1.165, 1.54) is 5.56 Å². The van der Waals surface area contributed by atoms with Crippen molar-refractivity contribution in [2.24, 2.45) is 0 Å². The van der Waals surface area contributed by atoms with Crippen LogP contribution in [-0.2, 0) is 11.2 Å². The molecule has 0 fully saturated rings. The first-order chi connectivity index (χ1) is 13.6. The number of aryl methyl sites for hydroxylation is 1. The van der Waals surface area contributed by atoms with E-state index < -0.39 is 0 Å². The lowest BCUT2D eigenvalue weighted by molar-refractivity contribution is -0.115. The number of hydrogen-bond donors (Lipinski definition) is 2. The van der Waals surface area contributed by atoms with E-state index in [-0.39, 0.29) is 11.8 Å². The van der Waals surface area contributed by atoms with Crippen molar-refractivity contribution in [1.29, 1.82) is 0 Å². The third kappa shape index (κ3) is 4.62. The molecular weight excluding hydrogens is 350 g/mol. The van der Waals surface area contributed by atoms with E-state index in [4.69, 9.17) is 0 Å². The summed E-state index contributed by atoms with van der Waals surface area (Å²) in [5.74, 6) is -0.240. The van der Waals surface area contributed by atoms with Gasteiger partial charge in [-0.3, -0.25) is 14.6 Å². The fraction of sp³-hybridized carbons (Fsp3) is 0.174. The van der Waals surface area contributed by atoms with Gasteiger partial charge in [-0.25, -0.2) is 0 Å². The Kier molecular flexibility index (Phi) is 6.17. The van der Waals surface area contributed by atoms with Crippen LogP contribution in [0.3, 0.4) is 0 Å². The molecule has 3 rings (SSSR count). The van der Waals surface area contributed by atoms with Crippen LogP contribution in [0.25, 0.3) is 11.3 Å². The lowest BCUT2D eigenvalue weighted by Gasteiger charge is -2.10. The summed E-state index contributed by atoms with van der Waals surface area (Å²) in [4.78, 5) is 28.6. The van der Waals surface area contributed by atoms with E-state index >= 15 is 0 Å². The maximum absolute atomic E-state index is 12.5. The normalized spacial score (nSPS) is 10.4. The molecule has 0 atom stereocenters. The number of anilines is 2. The predicted octanol–water partition coefficient (Wildman–Crippen LogP) is 4.91. The number of nitrogens with zero attached hydrogens (tertiary/aromatic N) is 1. The highest BCUT2D eigenvalue weighted by atomic mass is 16.2. The van der Waals surface area contributed by atoms with Crippen LogP contribution in [0, 0.1) is 0 Å². The number of carbonyl (C=O) groups excluding carboxylic acids is 2. The minimum Gasteiger partial charge on any atom is -0.324 e. The van der Waals surface area contributed by atoms with Gasteiger partial charge in [0.15, 0.2) is 0 Å². The maximum atomic E-state index is 12.5. The van der Waals surface area contributed by atoms with Gasteiger partial charge in [-0.05, 0) is 48.4 Å². The van der Waals surface area contributed by atoms with Gasteiger partial charge in [-0.1, -0.05) is 38.1 Å². The molecule has 0 aliphatic rings. The SMILES string of the molecule is CCC(=O)Nc1cccnc1-c1ccc(C(=O)Nc2ccc(CC)cc2)cc1. The first kappa shape index (κ1) is 19.3. The lowest BCUT2D eigenvalue weighted by atomic mass is 10.1. The van der Waals surface area contributed by atoms with E-state index in [1.807, 2.05) is 42.5 Å². The fourth-order valence-electron chi connectivity index (χ4n) is 2.78. The Hall–Kier alpha value is -3.47. The quantitative estimate of drug-likeness (QED) is 0.645. The Morgan fingerprint density at radius 3 is 2.25 bits per heavy atom. The Labute approximate surface area is 164 Å². The molecule has 2 amide bonds. The first-order valence-electron chi connectivity index (χ1n) is 9.36. The van der Waals surface area contributed by atoms with Crippen LogP contribution in [0.15, 0.2) is 66.9 Å². The van der Waals surface area contributed by atoms with Crippen LogP contribution in [0.5, 0.6) is 0 Å². The number of nitrogens with one attached hydrogen (secondary N) is 2. The zero-order chi connectivity index (χ0) is 19.9. The second-order valence-electron chi connectivity index (χ2n) is 6.38. The molecule has 0 aliphatic carbocycles. The van der Waals surface area contributed by atoms with Gasteiger partial charge >= 0.3 is 0 Å². The zero-order valence-corrected chi connectivity index (χ0v) is 16.0. The van der Waals surface area contributed by atoms with Crippen LogP contribution < -0.4 is 10.6 Å². The van der Waals surface area contributed by atoms with E-state index in [2.05, 4.69) is 22.5 Å². The molecule has 0 spiro atoms. The Bertz CT molecular complexity index is 964. The van der Waals surface area contributed by atoms with E-state index in [0.717, 1.165) is 17.7 Å². The van der Waals surface area contributed by atoms with Crippen LogP contribution in [0.2, 0.25) is 0 Å². The van der Waals surface area contributed by atoms with Crippen molar-refractivity contribution in [1.82, 2.24) is 4.98 Å². The largest absolute Gasteiger partial charge is 0.324 e. The molecule has 0 saturated carbocycles. The average molecular weight is 373 g/mol. The third-order valence-electron chi connectivity index (χ3n) is 4.44. The molecule has 2 aromatic carbocycles. The monoisotopic (exact) mass is 373 g/mol. The summed E-state index contributed by atoms with van der Waals surface area (Å²) < 4.78 is 0. The van der Waals surface area contributed by atoms with Gasteiger partial charge in [0.2, 0.25) is 5.91 Å². The highest BCUT2D eigenvalue weighted by Gasteiger charge is 2.11. The molecule has 1 heterocycles. The molecule has 1 aromatic heterocycles. The topological polar surface area (TPSA) is 71.1 Å². The molecule has 0 saturated heterocycles. The van der Waals surface area contributed by atoms with Crippen molar-refractivity contribution in [3.8, 4) is 11.3 Å². The molecule has 28 heavy (non-hydrogen) atoms. The summed E-state index contributed by atoms with van der Waals surface area (Å²) in [7, 11) is 0. The molecule has 2 N–H and O–H groups in total. The lowest BCUT2D eigenvalue weighted by Crippen LogP contribution is -2.12. The summed E-state index contributed by atoms with van der Waals surface area (Å²) in [6, 6.07) is 18.6. The van der Waals surface area contributed by atoms with Crippen molar-refractivity contribution >= 4 is 23.2 Å². The first-order valence-corrected chi connectivity index (χ1v) is 9.36. The van der Waals surface area contributed by atoms with Crippen molar-refractivity contribution in [2.75, 3.05) is 10.6 Å². The summed E-state index contributed by atoms with van der Waals surface area (Å²) >= 11 is 0. The van der Waals surface area contributed by atoms with Gasteiger partial charge in [0.05, 0.1) is 11.4 Å². The fourth-order valence-corrected chi connectivity index (χ4v) is 2.78. The van der Waals surface area contributed by atoms with E-state index in [9.17, 15) is 9.59 Å². The van der Waals surface area contributed by atoms with E-state index in [1.54, 1.807) is 31.3 Å². The summed E-state index contributed by atoms with van der Waals surface area (Å²) in [5.41, 5.74) is 4.70. The van der Waals surface area contributed by atoms with Crippen LogP contribution >= 0.6 is 0 Å². The van der Waals surface area contributed by atoms with Crippen molar-refractivity contribution in [3.05, 3.63) is 78.0 Å². The molecule has 0 radical (unpaired) electrons. The van der Waals surface area contributed by atoms with Crippen LogP contribution in [0.4, 0.5) is 11.4 Å². The molecule has 0 unspecified atom stereocenters. The number of amides is 2. The standard InChI is InChI=1S/C23H23N3O2/c1-3-16-7-13-19(14-8-16)25-23(28)18-11-9-17(10-12-18)22-20(6-5-15-24-22)26-21(27)4-2/h5-15H,3-4H2,1-2H3,(H,25,28)(H,26,27). The number of hydrogen-bond acceptors (Lipinski definition) is 3.